The second-order valence-electron chi connectivity index (χ2n) is 3.70. The molecule has 0 saturated heterocycles. The molecule has 1 N–H and O–H groups in total. The van der Waals surface area contributed by atoms with Gasteiger partial charge < -0.3 is 5.32 Å². The predicted molar refractivity (Wildman–Crippen MR) is 70.8 cm³/mol. The van der Waals surface area contributed by atoms with Gasteiger partial charge in [0.1, 0.15) is 11.6 Å². The highest BCUT2D eigenvalue weighted by molar-refractivity contribution is 6.35. The fraction of sp³-hybridized carbons (Fsp3) is 0. The molecule has 19 heavy (non-hydrogen) atoms. The van der Waals surface area contributed by atoms with E-state index in [2.05, 4.69) is 5.32 Å². The molecular weight excluding hydrogens is 295 g/mol. The fourth-order valence-electron chi connectivity index (χ4n) is 1.46. The van der Waals surface area contributed by atoms with Crippen LogP contribution in [0.2, 0.25) is 10.0 Å². The zero-order chi connectivity index (χ0) is 14.0. The summed E-state index contributed by atoms with van der Waals surface area (Å²) in [5.74, 6) is -2.44. The smallest absolute Gasteiger partial charge is 0.258 e. The molecule has 0 spiro atoms. The van der Waals surface area contributed by atoms with E-state index < -0.39 is 17.5 Å². The van der Waals surface area contributed by atoms with E-state index in [1.807, 2.05) is 0 Å². The molecule has 0 saturated carbocycles. The highest BCUT2D eigenvalue weighted by atomic mass is 35.5. The molecule has 0 bridgehead atoms. The number of hydrogen-bond donors (Lipinski definition) is 1. The van der Waals surface area contributed by atoms with E-state index in [1.165, 1.54) is 12.1 Å². The van der Waals surface area contributed by atoms with Gasteiger partial charge in [-0.2, -0.15) is 0 Å². The van der Waals surface area contributed by atoms with Crippen LogP contribution in [0.1, 0.15) is 10.4 Å². The zero-order valence-electron chi connectivity index (χ0n) is 9.38. The van der Waals surface area contributed by atoms with Crippen LogP contribution in [0.15, 0.2) is 36.4 Å². The number of benzene rings is 2. The number of amides is 1. The van der Waals surface area contributed by atoms with E-state index in [4.69, 9.17) is 23.2 Å². The van der Waals surface area contributed by atoms with Crippen molar-refractivity contribution in [3.63, 3.8) is 0 Å². The Bertz CT molecular complexity index is 647. The average molecular weight is 302 g/mol. The van der Waals surface area contributed by atoms with Crippen LogP contribution in [0.3, 0.4) is 0 Å². The van der Waals surface area contributed by atoms with E-state index in [-0.39, 0.29) is 16.3 Å². The molecule has 2 aromatic rings. The van der Waals surface area contributed by atoms with Crippen LogP contribution in [-0.2, 0) is 0 Å². The van der Waals surface area contributed by atoms with Crippen LogP contribution in [0.4, 0.5) is 14.5 Å². The quantitative estimate of drug-likeness (QED) is 0.868. The fourth-order valence-corrected chi connectivity index (χ4v) is 1.79. The Kier molecular flexibility index (Phi) is 4.02. The van der Waals surface area contributed by atoms with Gasteiger partial charge in [-0.15, -0.1) is 0 Å². The molecule has 0 aliphatic heterocycles. The van der Waals surface area contributed by atoms with E-state index in [0.717, 1.165) is 12.1 Å². The van der Waals surface area contributed by atoms with Crippen molar-refractivity contribution in [1.82, 2.24) is 0 Å². The lowest BCUT2D eigenvalue weighted by Gasteiger charge is -2.08. The van der Waals surface area contributed by atoms with Crippen LogP contribution in [-0.4, -0.2) is 5.91 Å². The molecule has 0 unspecified atom stereocenters. The number of halogens is 4. The van der Waals surface area contributed by atoms with Crippen LogP contribution >= 0.6 is 23.2 Å². The van der Waals surface area contributed by atoms with Crippen molar-refractivity contribution in [2.75, 3.05) is 5.32 Å². The van der Waals surface area contributed by atoms with Gasteiger partial charge in [0.25, 0.3) is 5.91 Å². The minimum Gasteiger partial charge on any atom is -0.320 e. The Morgan fingerprint density at radius 1 is 1.05 bits per heavy atom. The van der Waals surface area contributed by atoms with Crippen molar-refractivity contribution in [1.29, 1.82) is 0 Å². The number of hydrogen-bond acceptors (Lipinski definition) is 1. The van der Waals surface area contributed by atoms with Crippen molar-refractivity contribution in [2.24, 2.45) is 0 Å². The standard InChI is InChI=1S/C13H7Cl2F2NO/c14-7-1-4-10(15)12(5-7)18-13(19)9-3-2-8(16)6-11(9)17/h1-6H,(H,18,19). The molecule has 0 aromatic heterocycles. The summed E-state index contributed by atoms with van der Waals surface area (Å²) < 4.78 is 26.2. The van der Waals surface area contributed by atoms with Gasteiger partial charge in [0.15, 0.2) is 0 Å². The van der Waals surface area contributed by atoms with E-state index in [1.54, 1.807) is 6.07 Å². The maximum absolute atomic E-state index is 13.4. The lowest BCUT2D eigenvalue weighted by molar-refractivity contribution is 0.102. The zero-order valence-corrected chi connectivity index (χ0v) is 10.9. The van der Waals surface area contributed by atoms with Crippen molar-refractivity contribution in [3.05, 3.63) is 63.6 Å². The van der Waals surface area contributed by atoms with E-state index in [9.17, 15) is 13.6 Å². The number of anilines is 1. The molecule has 0 heterocycles. The van der Waals surface area contributed by atoms with Gasteiger partial charge >= 0.3 is 0 Å². The van der Waals surface area contributed by atoms with Crippen LogP contribution < -0.4 is 5.32 Å². The van der Waals surface area contributed by atoms with Crippen LogP contribution in [0.25, 0.3) is 0 Å². The Hall–Kier alpha value is -1.65. The Labute approximate surface area is 118 Å². The molecule has 2 rings (SSSR count). The molecule has 0 aliphatic rings. The SMILES string of the molecule is O=C(Nc1cc(Cl)ccc1Cl)c1ccc(F)cc1F. The minimum atomic E-state index is -0.948. The predicted octanol–water partition coefficient (Wildman–Crippen LogP) is 4.52. The van der Waals surface area contributed by atoms with Gasteiger partial charge in [-0.25, -0.2) is 8.78 Å². The molecule has 2 aromatic carbocycles. The third-order valence-corrected chi connectivity index (χ3v) is 2.92. The topological polar surface area (TPSA) is 29.1 Å². The van der Waals surface area contributed by atoms with Crippen molar-refractivity contribution in [2.45, 2.75) is 0 Å². The monoisotopic (exact) mass is 301 g/mol. The highest BCUT2D eigenvalue weighted by Crippen LogP contribution is 2.26. The second-order valence-corrected chi connectivity index (χ2v) is 4.55. The van der Waals surface area contributed by atoms with E-state index >= 15 is 0 Å². The second kappa shape index (κ2) is 5.55. The maximum Gasteiger partial charge on any atom is 0.258 e. The molecular formula is C13H7Cl2F2NO. The summed E-state index contributed by atoms with van der Waals surface area (Å²) in [6.07, 6.45) is 0. The molecule has 0 fully saturated rings. The van der Waals surface area contributed by atoms with Crippen molar-refractivity contribution >= 4 is 34.8 Å². The number of carbonyl (C=O) groups excluding carboxylic acids is 1. The summed E-state index contributed by atoms with van der Waals surface area (Å²) >= 11 is 11.6. The van der Waals surface area contributed by atoms with Crippen molar-refractivity contribution < 1.29 is 13.6 Å². The summed E-state index contributed by atoms with van der Waals surface area (Å²) in [7, 11) is 0. The molecule has 1 amide bonds. The van der Waals surface area contributed by atoms with Crippen molar-refractivity contribution in [3.8, 4) is 0 Å². The van der Waals surface area contributed by atoms with Gasteiger partial charge in [0, 0.05) is 11.1 Å². The summed E-state index contributed by atoms with van der Waals surface area (Å²) in [4.78, 5) is 11.8. The maximum atomic E-state index is 13.4. The summed E-state index contributed by atoms with van der Waals surface area (Å²) in [6.45, 7) is 0. The normalized spacial score (nSPS) is 10.3. The first-order chi connectivity index (χ1) is 8.97. The van der Waals surface area contributed by atoms with Crippen LogP contribution in [0.5, 0.6) is 0 Å². The molecule has 0 atom stereocenters. The lowest BCUT2D eigenvalue weighted by atomic mass is 10.2. The minimum absolute atomic E-state index is 0.253. The lowest BCUT2D eigenvalue weighted by Crippen LogP contribution is -2.14. The largest absolute Gasteiger partial charge is 0.320 e. The number of carbonyl (C=O) groups is 1. The van der Waals surface area contributed by atoms with E-state index in [0.29, 0.717) is 11.1 Å². The van der Waals surface area contributed by atoms with Gasteiger partial charge in [0.05, 0.1) is 16.3 Å². The molecule has 0 aliphatic carbocycles. The third-order valence-electron chi connectivity index (χ3n) is 2.35. The number of nitrogens with one attached hydrogen (secondary N) is 1. The van der Waals surface area contributed by atoms with Crippen LogP contribution in [0, 0.1) is 11.6 Å². The summed E-state index contributed by atoms with van der Waals surface area (Å²) in [5.41, 5.74) is -0.0275. The first-order valence-corrected chi connectivity index (χ1v) is 5.94. The molecule has 6 heteroatoms. The van der Waals surface area contributed by atoms with Gasteiger partial charge in [-0.1, -0.05) is 23.2 Å². The molecule has 2 nitrogen and oxygen atoms in total. The molecule has 0 radical (unpaired) electrons. The Balaban J connectivity index is 2.28. The van der Waals surface area contributed by atoms with Gasteiger partial charge in [-0.05, 0) is 30.3 Å². The summed E-state index contributed by atoms with van der Waals surface area (Å²) in [5, 5.41) is 3.05. The summed E-state index contributed by atoms with van der Waals surface area (Å²) in [6, 6.07) is 7.17. The average Bonchev–Trinajstić information content (AvgIpc) is 2.33. The van der Waals surface area contributed by atoms with Gasteiger partial charge in [-0.3, -0.25) is 4.79 Å². The van der Waals surface area contributed by atoms with Gasteiger partial charge in [0.2, 0.25) is 0 Å². The Morgan fingerprint density at radius 2 is 1.79 bits per heavy atom. The number of rotatable bonds is 2. The molecule has 98 valence electrons. The third kappa shape index (κ3) is 3.22. The first kappa shape index (κ1) is 13.8. The highest BCUT2D eigenvalue weighted by Gasteiger charge is 2.14. The Morgan fingerprint density at radius 3 is 2.47 bits per heavy atom. The first-order valence-electron chi connectivity index (χ1n) is 5.19.